The number of esters is 1. The molecule has 0 spiro atoms. The summed E-state index contributed by atoms with van der Waals surface area (Å²) in [6.07, 6.45) is 3.57. The Morgan fingerprint density at radius 3 is 3.05 bits per heavy atom. The van der Waals surface area contributed by atoms with Gasteiger partial charge in [-0.25, -0.2) is 0 Å². The molecule has 5 heteroatoms. The minimum atomic E-state index is -0.306. The van der Waals surface area contributed by atoms with E-state index in [1.54, 1.807) is 11.3 Å². The minimum absolute atomic E-state index is 0.0871. The van der Waals surface area contributed by atoms with Gasteiger partial charge >= 0.3 is 5.97 Å². The molecule has 1 unspecified atom stereocenters. The highest BCUT2D eigenvalue weighted by Gasteiger charge is 2.20. The number of amides is 1. The third-order valence-corrected chi connectivity index (χ3v) is 4.63. The topological polar surface area (TPSA) is 55.4 Å². The lowest BCUT2D eigenvalue weighted by Gasteiger charge is -2.16. The second kappa shape index (κ2) is 6.19. The lowest BCUT2D eigenvalue weighted by Crippen LogP contribution is -2.25. The van der Waals surface area contributed by atoms with Gasteiger partial charge in [0.05, 0.1) is 18.4 Å². The molecular weight excluding hydrogens is 262 g/mol. The van der Waals surface area contributed by atoms with E-state index in [0.29, 0.717) is 12.5 Å². The van der Waals surface area contributed by atoms with Crippen molar-refractivity contribution in [2.45, 2.75) is 32.6 Å². The lowest BCUT2D eigenvalue weighted by molar-refractivity contribution is -0.140. The van der Waals surface area contributed by atoms with E-state index < -0.39 is 0 Å². The van der Waals surface area contributed by atoms with Crippen LogP contribution in [0, 0.1) is 5.92 Å². The summed E-state index contributed by atoms with van der Waals surface area (Å²) in [4.78, 5) is 25.0. The van der Waals surface area contributed by atoms with Gasteiger partial charge in [0.15, 0.2) is 0 Å². The van der Waals surface area contributed by atoms with E-state index >= 15 is 0 Å². The van der Waals surface area contributed by atoms with Gasteiger partial charge in [-0.2, -0.15) is 0 Å². The molecule has 1 aliphatic carbocycles. The monoisotopic (exact) mass is 281 g/mol. The first-order valence-electron chi connectivity index (χ1n) is 6.56. The Balaban J connectivity index is 1.91. The van der Waals surface area contributed by atoms with Crippen molar-refractivity contribution in [3.63, 3.8) is 0 Å². The molecule has 0 aliphatic heterocycles. The quantitative estimate of drug-likeness (QED) is 0.861. The fourth-order valence-electron chi connectivity index (χ4n) is 2.28. The van der Waals surface area contributed by atoms with E-state index in [4.69, 9.17) is 0 Å². The number of nitrogens with one attached hydrogen (secondary N) is 1. The minimum Gasteiger partial charge on any atom is -0.469 e. The van der Waals surface area contributed by atoms with Crippen molar-refractivity contribution in [3.05, 3.63) is 21.4 Å². The van der Waals surface area contributed by atoms with Crippen molar-refractivity contribution in [1.82, 2.24) is 5.32 Å². The predicted molar refractivity (Wildman–Crippen MR) is 74.5 cm³/mol. The number of hydrogen-bond donors (Lipinski definition) is 1. The SMILES string of the molecule is COC(=O)CCNC(=O)c1cc2c(s1)CCC(C)C2. The Morgan fingerprint density at radius 1 is 1.53 bits per heavy atom. The Morgan fingerprint density at radius 2 is 2.32 bits per heavy atom. The summed E-state index contributed by atoms with van der Waals surface area (Å²) in [5.41, 5.74) is 1.32. The van der Waals surface area contributed by atoms with Gasteiger partial charge in [-0.1, -0.05) is 6.92 Å². The molecule has 1 aromatic rings. The van der Waals surface area contributed by atoms with Crippen LogP contribution in [-0.2, 0) is 22.4 Å². The second-order valence-electron chi connectivity index (χ2n) is 4.99. The van der Waals surface area contributed by atoms with E-state index in [-0.39, 0.29) is 18.3 Å². The molecule has 0 aromatic carbocycles. The molecule has 1 heterocycles. The maximum Gasteiger partial charge on any atom is 0.307 e. The molecule has 1 aromatic heterocycles. The van der Waals surface area contributed by atoms with Gasteiger partial charge in [-0.05, 0) is 36.8 Å². The molecular formula is C14H19NO3S. The summed E-state index contributed by atoms with van der Waals surface area (Å²) < 4.78 is 4.53. The summed E-state index contributed by atoms with van der Waals surface area (Å²) in [6.45, 7) is 2.57. The zero-order valence-corrected chi connectivity index (χ0v) is 12.1. The molecule has 19 heavy (non-hydrogen) atoms. The van der Waals surface area contributed by atoms with Crippen LogP contribution >= 0.6 is 11.3 Å². The highest BCUT2D eigenvalue weighted by Crippen LogP contribution is 2.32. The van der Waals surface area contributed by atoms with Crippen LogP contribution in [0.15, 0.2) is 6.07 Å². The van der Waals surface area contributed by atoms with Crippen molar-refractivity contribution in [2.75, 3.05) is 13.7 Å². The maximum atomic E-state index is 12.0. The van der Waals surface area contributed by atoms with Crippen LogP contribution in [0.5, 0.6) is 0 Å². The van der Waals surface area contributed by atoms with Crippen LogP contribution in [0.2, 0.25) is 0 Å². The van der Waals surface area contributed by atoms with Gasteiger partial charge in [0.25, 0.3) is 5.91 Å². The first kappa shape index (κ1) is 14.1. The Labute approximate surface area is 117 Å². The summed E-state index contributed by atoms with van der Waals surface area (Å²) in [6, 6.07) is 2.00. The Bertz CT molecular complexity index is 481. The van der Waals surface area contributed by atoms with Gasteiger partial charge in [0, 0.05) is 11.4 Å². The number of aryl methyl sites for hydroxylation is 1. The molecule has 0 saturated heterocycles. The number of fused-ring (bicyclic) bond motifs is 1. The third-order valence-electron chi connectivity index (χ3n) is 3.40. The molecule has 1 N–H and O–H groups in total. The van der Waals surface area contributed by atoms with Crippen molar-refractivity contribution < 1.29 is 14.3 Å². The van der Waals surface area contributed by atoms with Crippen LogP contribution in [-0.4, -0.2) is 25.5 Å². The number of hydrogen-bond acceptors (Lipinski definition) is 4. The van der Waals surface area contributed by atoms with Gasteiger partial charge in [-0.15, -0.1) is 11.3 Å². The first-order chi connectivity index (χ1) is 9.10. The van der Waals surface area contributed by atoms with Crippen LogP contribution in [0.25, 0.3) is 0 Å². The number of thiophene rings is 1. The Kier molecular flexibility index (Phi) is 4.58. The van der Waals surface area contributed by atoms with Crippen molar-refractivity contribution in [3.8, 4) is 0 Å². The fraction of sp³-hybridized carbons (Fsp3) is 0.571. The van der Waals surface area contributed by atoms with Crippen LogP contribution in [0.3, 0.4) is 0 Å². The van der Waals surface area contributed by atoms with Gasteiger partial charge < -0.3 is 10.1 Å². The lowest BCUT2D eigenvalue weighted by atomic mass is 9.90. The summed E-state index contributed by atoms with van der Waals surface area (Å²) >= 11 is 1.58. The third kappa shape index (κ3) is 3.56. The summed E-state index contributed by atoms with van der Waals surface area (Å²) in [7, 11) is 1.35. The largest absolute Gasteiger partial charge is 0.469 e. The Hall–Kier alpha value is -1.36. The maximum absolute atomic E-state index is 12.0. The second-order valence-corrected chi connectivity index (χ2v) is 6.13. The van der Waals surface area contributed by atoms with E-state index in [9.17, 15) is 9.59 Å². The molecule has 1 atom stereocenters. The number of carbonyl (C=O) groups excluding carboxylic acids is 2. The van der Waals surface area contributed by atoms with Gasteiger partial charge in [-0.3, -0.25) is 9.59 Å². The van der Waals surface area contributed by atoms with Gasteiger partial charge in [0.2, 0.25) is 0 Å². The molecule has 104 valence electrons. The highest BCUT2D eigenvalue weighted by atomic mass is 32.1. The average Bonchev–Trinajstić information content (AvgIpc) is 2.81. The molecule has 0 bridgehead atoms. The van der Waals surface area contributed by atoms with Crippen LogP contribution in [0.4, 0.5) is 0 Å². The van der Waals surface area contributed by atoms with Gasteiger partial charge in [0.1, 0.15) is 0 Å². The number of ether oxygens (including phenoxy) is 1. The molecule has 1 aliphatic rings. The highest BCUT2D eigenvalue weighted by molar-refractivity contribution is 7.14. The molecule has 1 amide bonds. The van der Waals surface area contributed by atoms with E-state index in [1.807, 2.05) is 6.07 Å². The number of carbonyl (C=O) groups is 2. The average molecular weight is 281 g/mol. The zero-order valence-electron chi connectivity index (χ0n) is 11.3. The van der Waals surface area contributed by atoms with Crippen LogP contribution in [0.1, 0.15) is 39.9 Å². The van der Waals surface area contributed by atoms with Crippen molar-refractivity contribution in [1.29, 1.82) is 0 Å². The normalized spacial score (nSPS) is 17.7. The fourth-order valence-corrected chi connectivity index (χ4v) is 3.41. The van der Waals surface area contributed by atoms with Crippen molar-refractivity contribution in [2.24, 2.45) is 5.92 Å². The van der Waals surface area contributed by atoms with E-state index in [2.05, 4.69) is 17.0 Å². The molecule has 0 fully saturated rings. The molecule has 0 saturated carbocycles. The standard InChI is InChI=1S/C14H19NO3S/c1-9-3-4-11-10(7-9)8-12(19-11)14(17)15-6-5-13(16)18-2/h8-9H,3-7H2,1-2H3,(H,15,17). The molecule has 0 radical (unpaired) electrons. The number of methoxy groups -OCH3 is 1. The molecule has 4 nitrogen and oxygen atoms in total. The molecule has 2 rings (SSSR count). The summed E-state index contributed by atoms with van der Waals surface area (Å²) in [5, 5.41) is 2.76. The first-order valence-corrected chi connectivity index (χ1v) is 7.38. The van der Waals surface area contributed by atoms with E-state index in [0.717, 1.165) is 17.7 Å². The summed E-state index contributed by atoms with van der Waals surface area (Å²) in [5.74, 6) is 0.313. The van der Waals surface area contributed by atoms with E-state index in [1.165, 1.54) is 24.0 Å². The van der Waals surface area contributed by atoms with Crippen molar-refractivity contribution >= 4 is 23.2 Å². The zero-order chi connectivity index (χ0) is 13.8. The predicted octanol–water partition coefficient (Wildman–Crippen LogP) is 2.17. The smallest absolute Gasteiger partial charge is 0.307 e. The number of rotatable bonds is 4. The van der Waals surface area contributed by atoms with Crippen LogP contribution < -0.4 is 5.32 Å².